The van der Waals surface area contributed by atoms with Crippen LogP contribution in [0.3, 0.4) is 0 Å². The van der Waals surface area contributed by atoms with Crippen molar-refractivity contribution < 1.29 is 9.53 Å². The van der Waals surface area contributed by atoms with Crippen molar-refractivity contribution in [2.24, 2.45) is 5.73 Å². The summed E-state index contributed by atoms with van der Waals surface area (Å²) in [5.74, 6) is 0.930. The molecule has 6 nitrogen and oxygen atoms in total. The van der Waals surface area contributed by atoms with Gasteiger partial charge in [0.2, 0.25) is 5.91 Å². The Morgan fingerprint density at radius 1 is 1.36 bits per heavy atom. The Labute approximate surface area is 168 Å². The Morgan fingerprint density at radius 3 is 2.86 bits per heavy atom. The molecule has 146 valence electrons. The number of nitrogens with zero attached hydrogens (tertiary/aromatic N) is 3. The molecule has 0 unspecified atom stereocenters. The maximum absolute atomic E-state index is 11.0. The number of carbonyl (C=O) groups excluding carboxylic acids is 1. The first-order chi connectivity index (χ1) is 13.6. The number of fused-ring (bicyclic) bond motifs is 1. The molecule has 0 radical (unpaired) electrons. The average molecular weight is 399 g/mol. The van der Waals surface area contributed by atoms with Crippen molar-refractivity contribution in [2.45, 2.75) is 45.1 Å². The summed E-state index contributed by atoms with van der Waals surface area (Å²) < 4.78 is 7.48. The third kappa shape index (κ3) is 3.83. The van der Waals surface area contributed by atoms with Crippen LogP contribution in [0, 0.1) is 0 Å². The fraction of sp³-hybridized carbons (Fsp3) is 0.381. The van der Waals surface area contributed by atoms with Crippen molar-refractivity contribution in [3.63, 3.8) is 0 Å². The number of ether oxygens (including phenoxy) is 1. The first kappa shape index (κ1) is 18.7. The van der Waals surface area contributed by atoms with Crippen LogP contribution in [0.4, 0.5) is 0 Å². The molecule has 3 aromatic rings. The lowest BCUT2D eigenvalue weighted by Gasteiger charge is -2.11. The number of pyridine rings is 1. The monoisotopic (exact) mass is 398 g/mol. The molecule has 0 saturated heterocycles. The molecule has 28 heavy (non-hydrogen) atoms. The first-order valence-corrected chi connectivity index (χ1v) is 10.0. The number of hydrogen-bond acceptors (Lipinski definition) is 4. The molecular weight excluding hydrogens is 376 g/mol. The van der Waals surface area contributed by atoms with Gasteiger partial charge in [-0.1, -0.05) is 11.6 Å². The van der Waals surface area contributed by atoms with Crippen LogP contribution >= 0.6 is 11.6 Å². The zero-order valence-corrected chi connectivity index (χ0v) is 16.6. The number of aromatic nitrogens is 3. The summed E-state index contributed by atoms with van der Waals surface area (Å²) in [7, 11) is 0. The minimum atomic E-state index is -0.285. The second-order valence-electron chi connectivity index (χ2n) is 7.12. The summed E-state index contributed by atoms with van der Waals surface area (Å²) in [4.78, 5) is 15.9. The maximum Gasteiger partial charge on any atom is 0.217 e. The third-order valence-electron chi connectivity index (χ3n) is 4.96. The van der Waals surface area contributed by atoms with Crippen molar-refractivity contribution in [2.75, 3.05) is 6.61 Å². The largest absolute Gasteiger partial charge is 0.492 e. The Morgan fingerprint density at radius 2 is 2.18 bits per heavy atom. The highest BCUT2D eigenvalue weighted by Gasteiger charge is 2.28. The second-order valence-corrected chi connectivity index (χ2v) is 7.53. The maximum atomic E-state index is 11.0. The molecule has 1 aliphatic carbocycles. The standard InChI is InChI=1S/C21H23ClN4O2/c1-2-28-19-8-7-14(10-16(19)22)17-11-15(13-5-6-13)21-18(25-17)12-24-26(21)9-3-4-20(23)27/h7-8,10-13H,2-6,9H2,1H3,(H2,23,27). The molecular formula is C21H23ClN4O2. The van der Waals surface area contributed by atoms with E-state index in [1.807, 2.05) is 29.8 Å². The predicted molar refractivity (Wildman–Crippen MR) is 110 cm³/mol. The van der Waals surface area contributed by atoms with Gasteiger partial charge < -0.3 is 10.5 Å². The highest BCUT2D eigenvalue weighted by atomic mass is 35.5. The lowest BCUT2D eigenvalue weighted by molar-refractivity contribution is -0.118. The fourth-order valence-corrected chi connectivity index (χ4v) is 3.73. The second kappa shape index (κ2) is 7.80. The van der Waals surface area contributed by atoms with Gasteiger partial charge in [0.25, 0.3) is 0 Å². The third-order valence-corrected chi connectivity index (χ3v) is 5.26. The predicted octanol–water partition coefficient (Wildman–Crippen LogP) is 4.29. The summed E-state index contributed by atoms with van der Waals surface area (Å²) in [6, 6.07) is 7.92. The van der Waals surface area contributed by atoms with Gasteiger partial charge >= 0.3 is 0 Å². The molecule has 0 aliphatic heterocycles. The number of amides is 1. The number of nitrogens with two attached hydrogens (primary N) is 1. The number of primary amides is 1. The average Bonchev–Trinajstić information content (AvgIpc) is 3.44. The molecule has 2 aromatic heterocycles. The van der Waals surface area contributed by atoms with Gasteiger partial charge in [0.1, 0.15) is 11.3 Å². The van der Waals surface area contributed by atoms with Crippen LogP contribution < -0.4 is 10.5 Å². The Hall–Kier alpha value is -2.60. The molecule has 2 N–H and O–H groups in total. The molecule has 0 bridgehead atoms. The fourth-order valence-electron chi connectivity index (χ4n) is 3.49. The van der Waals surface area contributed by atoms with E-state index in [2.05, 4.69) is 11.2 Å². The van der Waals surface area contributed by atoms with Gasteiger partial charge in [0.05, 0.1) is 29.0 Å². The van der Waals surface area contributed by atoms with E-state index in [9.17, 15) is 4.79 Å². The van der Waals surface area contributed by atoms with Gasteiger partial charge in [0.15, 0.2) is 0 Å². The van der Waals surface area contributed by atoms with Gasteiger partial charge in [-0.3, -0.25) is 9.48 Å². The zero-order valence-electron chi connectivity index (χ0n) is 15.8. The molecule has 7 heteroatoms. The van der Waals surface area contributed by atoms with Crippen LogP contribution in [0.1, 0.15) is 44.1 Å². The van der Waals surface area contributed by atoms with Crippen LogP contribution in [-0.2, 0) is 11.3 Å². The van der Waals surface area contributed by atoms with E-state index in [1.54, 1.807) is 6.20 Å². The topological polar surface area (TPSA) is 83.0 Å². The van der Waals surface area contributed by atoms with E-state index in [0.29, 0.717) is 42.7 Å². The number of benzene rings is 1. The van der Waals surface area contributed by atoms with Crippen molar-refractivity contribution >= 4 is 28.5 Å². The minimum Gasteiger partial charge on any atom is -0.492 e. The van der Waals surface area contributed by atoms with Crippen LogP contribution in [0.15, 0.2) is 30.5 Å². The quantitative estimate of drug-likeness (QED) is 0.613. The van der Waals surface area contributed by atoms with Crippen molar-refractivity contribution in [1.82, 2.24) is 14.8 Å². The Kier molecular flexibility index (Phi) is 5.22. The van der Waals surface area contributed by atoms with Gasteiger partial charge in [-0.15, -0.1) is 0 Å². The number of halogens is 1. The Balaban J connectivity index is 1.71. The smallest absolute Gasteiger partial charge is 0.217 e. The molecule has 1 saturated carbocycles. The Bertz CT molecular complexity index is 1030. The van der Waals surface area contributed by atoms with Crippen LogP contribution in [0.2, 0.25) is 5.02 Å². The highest BCUT2D eigenvalue weighted by molar-refractivity contribution is 6.32. The number of rotatable bonds is 8. The molecule has 2 heterocycles. The van der Waals surface area contributed by atoms with Crippen LogP contribution in [0.5, 0.6) is 5.75 Å². The first-order valence-electron chi connectivity index (χ1n) is 9.64. The van der Waals surface area contributed by atoms with Gasteiger partial charge in [0, 0.05) is 18.5 Å². The molecule has 0 atom stereocenters. The van der Waals surface area contributed by atoms with Crippen molar-refractivity contribution in [3.8, 4) is 17.0 Å². The zero-order chi connectivity index (χ0) is 19.7. The minimum absolute atomic E-state index is 0.285. The summed E-state index contributed by atoms with van der Waals surface area (Å²) in [5.41, 5.74) is 10.3. The van der Waals surface area contributed by atoms with Crippen LogP contribution in [0.25, 0.3) is 22.3 Å². The summed E-state index contributed by atoms with van der Waals surface area (Å²) in [5, 5.41) is 5.09. The van der Waals surface area contributed by atoms with Crippen molar-refractivity contribution in [1.29, 1.82) is 0 Å². The van der Waals surface area contributed by atoms with E-state index in [-0.39, 0.29) is 5.91 Å². The van der Waals surface area contributed by atoms with E-state index in [1.165, 1.54) is 18.4 Å². The lowest BCUT2D eigenvalue weighted by Crippen LogP contribution is -2.12. The van der Waals surface area contributed by atoms with E-state index < -0.39 is 0 Å². The van der Waals surface area contributed by atoms with Gasteiger partial charge in [-0.2, -0.15) is 5.10 Å². The molecule has 1 aliphatic rings. The summed E-state index contributed by atoms with van der Waals surface area (Å²) in [6.45, 7) is 3.16. The van der Waals surface area contributed by atoms with E-state index in [4.69, 9.17) is 27.1 Å². The van der Waals surface area contributed by atoms with Crippen molar-refractivity contribution in [3.05, 3.63) is 41.0 Å². The molecule has 1 fully saturated rings. The van der Waals surface area contributed by atoms with E-state index in [0.717, 1.165) is 22.3 Å². The number of carbonyl (C=O) groups is 1. The number of aryl methyl sites for hydroxylation is 1. The summed E-state index contributed by atoms with van der Waals surface area (Å²) >= 11 is 6.37. The molecule has 4 rings (SSSR count). The normalized spacial score (nSPS) is 13.8. The molecule has 1 aromatic carbocycles. The highest BCUT2D eigenvalue weighted by Crippen LogP contribution is 2.44. The van der Waals surface area contributed by atoms with Gasteiger partial charge in [-0.05, 0) is 61.9 Å². The number of hydrogen-bond donors (Lipinski definition) is 1. The van der Waals surface area contributed by atoms with E-state index >= 15 is 0 Å². The lowest BCUT2D eigenvalue weighted by atomic mass is 10.0. The molecule has 0 spiro atoms. The molecule has 1 amide bonds. The SMILES string of the molecule is CCOc1ccc(-c2cc(C3CC3)c3c(cnn3CCCC(N)=O)n2)cc1Cl. The summed E-state index contributed by atoms with van der Waals surface area (Å²) in [6.07, 6.45) is 5.18. The van der Waals surface area contributed by atoms with Crippen LogP contribution in [-0.4, -0.2) is 27.3 Å². The van der Waals surface area contributed by atoms with Gasteiger partial charge in [-0.25, -0.2) is 4.98 Å².